The predicted molar refractivity (Wildman–Crippen MR) is 75.4 cm³/mol. The van der Waals surface area contributed by atoms with Crippen LogP contribution in [0.25, 0.3) is 0 Å². The molecule has 6 heteroatoms. The summed E-state index contributed by atoms with van der Waals surface area (Å²) in [6.07, 6.45) is 3.20. The van der Waals surface area contributed by atoms with Crippen LogP contribution in [0, 0.1) is 0 Å². The zero-order chi connectivity index (χ0) is 14.4. The van der Waals surface area contributed by atoms with E-state index in [-0.39, 0.29) is 5.91 Å². The lowest BCUT2D eigenvalue weighted by molar-refractivity contribution is 0.0951. The molecule has 0 fully saturated rings. The van der Waals surface area contributed by atoms with Crippen molar-refractivity contribution in [3.05, 3.63) is 47.8 Å². The van der Waals surface area contributed by atoms with Crippen LogP contribution in [0.2, 0.25) is 0 Å². The number of ether oxygens (including phenoxy) is 2. The number of amides is 1. The van der Waals surface area contributed by atoms with Gasteiger partial charge in [-0.2, -0.15) is 5.10 Å². The molecule has 104 valence electrons. The topological polar surface area (TPSA) is 75.7 Å². The van der Waals surface area contributed by atoms with Crippen molar-refractivity contribution in [3.63, 3.8) is 0 Å². The van der Waals surface area contributed by atoms with E-state index in [4.69, 9.17) is 9.47 Å². The van der Waals surface area contributed by atoms with Gasteiger partial charge in [-0.1, -0.05) is 0 Å². The average molecular weight is 273 g/mol. The summed E-state index contributed by atoms with van der Waals surface area (Å²) in [7, 11) is 3.13. The Morgan fingerprint density at radius 3 is 2.70 bits per heavy atom. The van der Waals surface area contributed by atoms with Crippen LogP contribution in [-0.2, 0) is 0 Å². The fourth-order valence-corrected chi connectivity index (χ4v) is 1.63. The fraction of sp³-hybridized carbons (Fsp3) is 0.143. The van der Waals surface area contributed by atoms with Crippen LogP contribution < -0.4 is 14.9 Å². The Labute approximate surface area is 116 Å². The quantitative estimate of drug-likeness (QED) is 0.644. The summed E-state index contributed by atoms with van der Waals surface area (Å²) in [5.74, 6) is 0.943. The maximum atomic E-state index is 11.6. The van der Waals surface area contributed by atoms with E-state index in [9.17, 15) is 4.79 Å². The van der Waals surface area contributed by atoms with E-state index in [1.54, 1.807) is 44.7 Å². The fourth-order valence-electron chi connectivity index (χ4n) is 1.63. The number of carbonyl (C=O) groups is 1. The standard InChI is InChI=1S/C14H15N3O3/c1-19-12-6-5-10(8-13(12)20-2)9-16-17-14(18)11-4-3-7-15-11/h3-9,15H,1-2H3,(H,17,18)/b16-9-. The molecule has 1 amide bonds. The van der Waals surface area contributed by atoms with Crippen LogP contribution in [0.4, 0.5) is 0 Å². The first-order valence-electron chi connectivity index (χ1n) is 5.93. The molecule has 0 aliphatic carbocycles. The van der Waals surface area contributed by atoms with Crippen LogP contribution in [0.3, 0.4) is 0 Å². The molecule has 0 spiro atoms. The molecule has 0 saturated carbocycles. The Balaban J connectivity index is 2.03. The molecule has 2 N–H and O–H groups in total. The number of benzene rings is 1. The summed E-state index contributed by atoms with van der Waals surface area (Å²) in [5.41, 5.74) is 3.67. The lowest BCUT2D eigenvalue weighted by atomic mass is 10.2. The number of hydrazone groups is 1. The number of nitrogens with one attached hydrogen (secondary N) is 2. The number of hydrogen-bond acceptors (Lipinski definition) is 4. The molecule has 2 aromatic rings. The molecular weight excluding hydrogens is 258 g/mol. The number of hydrogen-bond donors (Lipinski definition) is 2. The van der Waals surface area contributed by atoms with Gasteiger partial charge in [0.25, 0.3) is 5.91 Å². The van der Waals surface area contributed by atoms with E-state index in [2.05, 4.69) is 15.5 Å². The van der Waals surface area contributed by atoms with E-state index < -0.39 is 0 Å². The second-order valence-electron chi connectivity index (χ2n) is 3.90. The number of carbonyl (C=O) groups excluding carboxylic acids is 1. The molecule has 0 aliphatic rings. The Hall–Kier alpha value is -2.76. The smallest absolute Gasteiger partial charge is 0.287 e. The van der Waals surface area contributed by atoms with E-state index in [1.807, 2.05) is 6.07 Å². The van der Waals surface area contributed by atoms with E-state index in [1.165, 1.54) is 6.21 Å². The molecule has 0 saturated heterocycles. The molecule has 0 unspecified atom stereocenters. The summed E-state index contributed by atoms with van der Waals surface area (Å²) >= 11 is 0. The van der Waals surface area contributed by atoms with Gasteiger partial charge in [0.2, 0.25) is 0 Å². The normalized spacial score (nSPS) is 10.5. The van der Waals surface area contributed by atoms with Gasteiger partial charge in [-0.05, 0) is 35.9 Å². The third kappa shape index (κ3) is 3.17. The Bertz CT molecular complexity index is 606. The summed E-state index contributed by atoms with van der Waals surface area (Å²) < 4.78 is 10.3. The molecular formula is C14H15N3O3. The zero-order valence-corrected chi connectivity index (χ0v) is 11.2. The highest BCUT2D eigenvalue weighted by atomic mass is 16.5. The number of aromatic amines is 1. The van der Waals surface area contributed by atoms with Gasteiger partial charge >= 0.3 is 0 Å². The van der Waals surface area contributed by atoms with Gasteiger partial charge in [-0.3, -0.25) is 4.79 Å². The molecule has 0 aliphatic heterocycles. The van der Waals surface area contributed by atoms with Crippen LogP contribution in [-0.4, -0.2) is 31.3 Å². The first-order chi connectivity index (χ1) is 9.74. The van der Waals surface area contributed by atoms with Crippen LogP contribution in [0.15, 0.2) is 41.6 Å². The maximum Gasteiger partial charge on any atom is 0.287 e. The zero-order valence-electron chi connectivity index (χ0n) is 11.2. The summed E-state index contributed by atoms with van der Waals surface area (Å²) in [6, 6.07) is 8.76. The van der Waals surface area contributed by atoms with Gasteiger partial charge in [-0.15, -0.1) is 0 Å². The second kappa shape index (κ2) is 6.42. The Kier molecular flexibility index (Phi) is 4.39. The molecule has 2 rings (SSSR count). The van der Waals surface area contributed by atoms with Gasteiger partial charge in [0.1, 0.15) is 5.69 Å². The van der Waals surface area contributed by atoms with E-state index in [0.717, 1.165) is 5.56 Å². The van der Waals surface area contributed by atoms with Crippen molar-refractivity contribution in [1.82, 2.24) is 10.4 Å². The first-order valence-corrected chi connectivity index (χ1v) is 5.93. The van der Waals surface area contributed by atoms with Crippen molar-refractivity contribution in [3.8, 4) is 11.5 Å². The highest BCUT2D eigenvalue weighted by molar-refractivity contribution is 5.93. The second-order valence-corrected chi connectivity index (χ2v) is 3.90. The first kappa shape index (κ1) is 13.7. The number of H-pyrrole nitrogens is 1. The lowest BCUT2D eigenvalue weighted by Gasteiger charge is -2.07. The molecule has 1 aromatic carbocycles. The molecule has 1 aromatic heterocycles. The van der Waals surface area contributed by atoms with E-state index in [0.29, 0.717) is 17.2 Å². The summed E-state index contributed by atoms with van der Waals surface area (Å²) in [6.45, 7) is 0. The average Bonchev–Trinajstić information content (AvgIpc) is 3.01. The monoisotopic (exact) mass is 273 g/mol. The van der Waals surface area contributed by atoms with E-state index >= 15 is 0 Å². The number of methoxy groups -OCH3 is 2. The van der Waals surface area contributed by atoms with Crippen molar-refractivity contribution >= 4 is 12.1 Å². The number of nitrogens with zero attached hydrogens (tertiary/aromatic N) is 1. The maximum absolute atomic E-state index is 11.6. The lowest BCUT2D eigenvalue weighted by Crippen LogP contribution is -2.17. The highest BCUT2D eigenvalue weighted by Crippen LogP contribution is 2.26. The van der Waals surface area contributed by atoms with Gasteiger partial charge < -0.3 is 14.5 Å². The van der Waals surface area contributed by atoms with Gasteiger partial charge in [-0.25, -0.2) is 5.43 Å². The molecule has 1 heterocycles. The number of rotatable bonds is 5. The molecule has 6 nitrogen and oxygen atoms in total. The minimum atomic E-state index is -0.299. The third-order valence-corrected chi connectivity index (χ3v) is 2.63. The van der Waals surface area contributed by atoms with Gasteiger partial charge in [0.15, 0.2) is 11.5 Å². The van der Waals surface area contributed by atoms with Gasteiger partial charge in [0, 0.05) is 6.20 Å². The Morgan fingerprint density at radius 2 is 2.05 bits per heavy atom. The number of aromatic nitrogens is 1. The minimum absolute atomic E-state index is 0.299. The largest absolute Gasteiger partial charge is 0.493 e. The third-order valence-electron chi connectivity index (χ3n) is 2.63. The molecule has 0 atom stereocenters. The summed E-state index contributed by atoms with van der Waals surface area (Å²) in [5, 5.41) is 3.89. The van der Waals surface area contributed by atoms with Crippen molar-refractivity contribution in [2.75, 3.05) is 14.2 Å². The van der Waals surface area contributed by atoms with Crippen LogP contribution in [0.5, 0.6) is 11.5 Å². The molecule has 20 heavy (non-hydrogen) atoms. The van der Waals surface area contributed by atoms with Crippen molar-refractivity contribution < 1.29 is 14.3 Å². The minimum Gasteiger partial charge on any atom is -0.493 e. The van der Waals surface area contributed by atoms with Crippen molar-refractivity contribution in [1.29, 1.82) is 0 Å². The molecule has 0 bridgehead atoms. The predicted octanol–water partition coefficient (Wildman–Crippen LogP) is 1.80. The SMILES string of the molecule is COc1ccc(/C=N\NC(=O)c2ccc[nH]2)cc1OC. The van der Waals surface area contributed by atoms with Crippen LogP contribution in [0.1, 0.15) is 16.1 Å². The van der Waals surface area contributed by atoms with Crippen molar-refractivity contribution in [2.45, 2.75) is 0 Å². The Morgan fingerprint density at radius 1 is 1.25 bits per heavy atom. The summed E-state index contributed by atoms with van der Waals surface area (Å²) in [4.78, 5) is 14.4. The molecule has 0 radical (unpaired) electrons. The van der Waals surface area contributed by atoms with Crippen LogP contribution >= 0.6 is 0 Å². The van der Waals surface area contributed by atoms with Gasteiger partial charge in [0.05, 0.1) is 20.4 Å². The van der Waals surface area contributed by atoms with Crippen molar-refractivity contribution in [2.24, 2.45) is 5.10 Å². The highest BCUT2D eigenvalue weighted by Gasteiger charge is 2.04.